The van der Waals surface area contributed by atoms with Gasteiger partial charge in [-0.25, -0.2) is 4.85 Å². The zero-order valence-electron chi connectivity index (χ0n) is 32.6. The number of rotatable bonds is 13. The lowest BCUT2D eigenvalue weighted by Gasteiger charge is -2.37. The fourth-order valence-electron chi connectivity index (χ4n) is 6.08. The Balaban J connectivity index is 1.38. The molecule has 7 nitrogen and oxygen atoms in total. The Hall–Kier alpha value is -5.20. The Kier molecular flexibility index (Phi) is 13.2. The van der Waals surface area contributed by atoms with Crippen molar-refractivity contribution in [2.75, 3.05) is 24.6 Å². The Labute approximate surface area is 341 Å². The van der Waals surface area contributed by atoms with Gasteiger partial charge in [-0.05, 0) is 84.7 Å². The van der Waals surface area contributed by atoms with Crippen molar-refractivity contribution in [2.24, 2.45) is 0 Å². The van der Waals surface area contributed by atoms with Crippen LogP contribution in [0.5, 0.6) is 0 Å². The van der Waals surface area contributed by atoms with Crippen molar-refractivity contribution in [1.29, 1.82) is 10.5 Å². The van der Waals surface area contributed by atoms with Crippen LogP contribution < -0.4 is 4.90 Å². The average molecular weight is 825 g/mol. The van der Waals surface area contributed by atoms with Gasteiger partial charge in [-0.1, -0.05) is 69.3 Å². The van der Waals surface area contributed by atoms with E-state index in [-0.39, 0.29) is 17.2 Å². The molecule has 0 aliphatic carbocycles. The number of aliphatic hydroxyl groups is 1. The number of anilines is 1. The highest BCUT2D eigenvalue weighted by atomic mass is 32.1. The summed E-state index contributed by atoms with van der Waals surface area (Å²) in [6, 6.07) is 24.2. The predicted octanol–water partition coefficient (Wildman–Crippen LogP) is 12.0. The second kappa shape index (κ2) is 17.5. The number of allylic oxidation sites excluding steroid dienone is 1. The summed E-state index contributed by atoms with van der Waals surface area (Å²) in [5.74, 6) is -0.732. The minimum Gasteiger partial charge on any atom is -0.478 e. The van der Waals surface area contributed by atoms with Gasteiger partial charge in [-0.2, -0.15) is 23.7 Å². The van der Waals surface area contributed by atoms with Crippen LogP contribution in [-0.2, 0) is 21.4 Å². The van der Waals surface area contributed by atoms with Gasteiger partial charge in [-0.3, -0.25) is 0 Å². The highest BCUT2D eigenvalue weighted by molar-refractivity contribution is 7.16. The summed E-state index contributed by atoms with van der Waals surface area (Å²) in [5, 5.41) is 29.4. The molecule has 0 saturated carbocycles. The van der Waals surface area contributed by atoms with Gasteiger partial charge in [0, 0.05) is 49.4 Å². The number of nitrogens with zero attached hydrogens (tertiary/aromatic N) is 4. The van der Waals surface area contributed by atoms with E-state index in [0.29, 0.717) is 17.0 Å². The molecule has 294 valence electrons. The van der Waals surface area contributed by atoms with E-state index >= 15 is 13.2 Å². The van der Waals surface area contributed by atoms with Crippen LogP contribution in [0.3, 0.4) is 0 Å². The van der Waals surface area contributed by atoms with Crippen LogP contribution in [0.1, 0.15) is 53.5 Å². The molecule has 0 amide bonds. The van der Waals surface area contributed by atoms with Crippen molar-refractivity contribution in [2.45, 2.75) is 64.2 Å². The zero-order chi connectivity index (χ0) is 41.6. The first-order chi connectivity index (χ1) is 27.0. The lowest BCUT2D eigenvalue weighted by molar-refractivity contribution is -0.249. The van der Waals surface area contributed by atoms with Gasteiger partial charge in [-0.15, -0.1) is 22.7 Å². The molecule has 5 rings (SSSR count). The maximum atomic E-state index is 15.2. The van der Waals surface area contributed by atoms with E-state index in [2.05, 4.69) is 80.9 Å². The molecule has 1 unspecified atom stereocenters. The van der Waals surface area contributed by atoms with Crippen molar-refractivity contribution in [1.82, 2.24) is 0 Å². The quantitative estimate of drug-likeness (QED) is 0.0820. The van der Waals surface area contributed by atoms with Crippen LogP contribution >= 0.6 is 22.7 Å². The number of alkyl halides is 3. The molecule has 2 aromatic heterocycles. The second-order valence-electron chi connectivity index (χ2n) is 14.7. The number of nitriles is 2. The molecule has 0 spiro atoms. The molecule has 0 bridgehead atoms. The number of likely N-dealkylation sites (N-methyl/N-ethyl adjacent to an activating group) is 1. The van der Waals surface area contributed by atoms with Crippen molar-refractivity contribution in [3.8, 4) is 22.6 Å². The molecule has 4 aromatic rings. The summed E-state index contributed by atoms with van der Waals surface area (Å²) in [6.07, 6.45) is 1.26. The van der Waals surface area contributed by atoms with Gasteiger partial charge in [0.1, 0.15) is 12.1 Å². The van der Waals surface area contributed by atoms with E-state index in [1.54, 1.807) is 35.6 Å². The Morgan fingerprint density at radius 2 is 1.63 bits per heavy atom. The molecule has 1 aliphatic rings. The first kappa shape index (κ1) is 42.9. The van der Waals surface area contributed by atoms with Crippen molar-refractivity contribution < 1.29 is 27.4 Å². The van der Waals surface area contributed by atoms with Crippen molar-refractivity contribution in [3.05, 3.63) is 139 Å². The Morgan fingerprint density at radius 1 is 0.965 bits per heavy atom. The molecule has 0 fully saturated rings. The maximum absolute atomic E-state index is 15.2. The summed E-state index contributed by atoms with van der Waals surface area (Å²) < 4.78 is 57.5. The molecule has 0 saturated heterocycles. The van der Waals surface area contributed by atoms with Gasteiger partial charge in [0.25, 0.3) is 0 Å². The number of aliphatic hydroxyl groups excluding tert-OH is 1. The van der Waals surface area contributed by atoms with Gasteiger partial charge < -0.3 is 19.2 Å². The number of thiophene rings is 2. The summed E-state index contributed by atoms with van der Waals surface area (Å²) in [7, 11) is -1.82. The molecular formula is C44H43F3N4O3S2Si. The van der Waals surface area contributed by atoms with E-state index in [4.69, 9.17) is 15.7 Å². The van der Waals surface area contributed by atoms with E-state index < -0.39 is 42.7 Å². The molecule has 1 aliphatic heterocycles. The largest absolute Gasteiger partial charge is 0.478 e. The minimum atomic E-state index is -5.09. The fourth-order valence-corrected chi connectivity index (χ4v) is 9.01. The van der Waals surface area contributed by atoms with Crippen molar-refractivity contribution >= 4 is 54.9 Å². The molecular weight excluding hydrogens is 782 g/mol. The lowest BCUT2D eigenvalue weighted by Crippen LogP contribution is -2.43. The molecule has 0 radical (unpaired) electrons. The Morgan fingerprint density at radius 3 is 2.21 bits per heavy atom. The topological polar surface area (TPSA) is 93.9 Å². The summed E-state index contributed by atoms with van der Waals surface area (Å²) in [6.45, 7) is 23.2. The third-order valence-corrected chi connectivity index (χ3v) is 17.0. The molecule has 57 heavy (non-hydrogen) atoms. The monoisotopic (exact) mass is 824 g/mol. The van der Waals surface area contributed by atoms with Gasteiger partial charge in [0.15, 0.2) is 19.6 Å². The number of halogens is 3. The number of hydrogen-bond acceptors (Lipinski definition) is 8. The first-order valence-corrected chi connectivity index (χ1v) is 22.7. The first-order valence-electron chi connectivity index (χ1n) is 18.2. The van der Waals surface area contributed by atoms with E-state index in [0.717, 1.165) is 45.0 Å². The summed E-state index contributed by atoms with van der Waals surface area (Å²) in [4.78, 5) is 8.93. The van der Waals surface area contributed by atoms with Gasteiger partial charge in [0.05, 0.1) is 19.8 Å². The van der Waals surface area contributed by atoms with E-state index in [1.807, 2.05) is 18.2 Å². The molecule has 1 atom stereocenters. The van der Waals surface area contributed by atoms with E-state index in [9.17, 15) is 15.6 Å². The molecule has 3 heterocycles. The van der Waals surface area contributed by atoms with E-state index in [1.165, 1.54) is 41.7 Å². The number of ether oxygens (including phenoxy) is 1. The summed E-state index contributed by atoms with van der Waals surface area (Å²) >= 11 is 2.87. The van der Waals surface area contributed by atoms with Crippen molar-refractivity contribution in [3.63, 3.8) is 0 Å². The van der Waals surface area contributed by atoms with Crippen LogP contribution in [-0.4, -0.2) is 39.3 Å². The van der Waals surface area contributed by atoms with Crippen LogP contribution in [0.15, 0.2) is 101 Å². The normalized spacial score (nSPS) is 16.2. The zero-order valence-corrected chi connectivity index (χ0v) is 35.2. The smallest absolute Gasteiger partial charge is 0.435 e. The standard InChI is InChI=1S/C44H43F3N4O3S2Si/c1-8-51(24-25-53-57(6,7)42(2,3)4)34-16-14-30(15-17-34)38-22-20-35(55-38)18-19-36-26-31(29-52)39(56-36)23-21-37-40(50-5)41(32(27-48)28-49)54-43(37,44(45,46)47)33-12-10-9-11-13-33/h9-23,26,52H,8,24-25,29H2,1-4,6-7H3/b19-18+,23-21+. The second-order valence-corrected chi connectivity index (χ2v) is 21.8. The van der Waals surface area contributed by atoms with Crippen LogP contribution in [0.4, 0.5) is 18.9 Å². The van der Waals surface area contributed by atoms with Gasteiger partial charge in [0.2, 0.25) is 11.3 Å². The highest BCUT2D eigenvalue weighted by Gasteiger charge is 2.64. The van der Waals surface area contributed by atoms with Gasteiger partial charge >= 0.3 is 6.18 Å². The Bertz CT molecular complexity index is 2320. The third-order valence-electron chi connectivity index (χ3n) is 10.2. The minimum absolute atomic E-state index is 0.162. The van der Waals surface area contributed by atoms with Crippen LogP contribution in [0, 0.1) is 29.2 Å². The third kappa shape index (κ3) is 9.02. The summed E-state index contributed by atoms with van der Waals surface area (Å²) in [5.41, 5.74) is -2.69. The van der Waals surface area contributed by atoms with Crippen LogP contribution in [0.2, 0.25) is 18.1 Å². The average Bonchev–Trinajstić information content (AvgIpc) is 3.91. The molecule has 2 aromatic carbocycles. The highest BCUT2D eigenvalue weighted by Crippen LogP contribution is 2.56. The SMILES string of the molecule is [C-]#[N+]C1=C(/C=C/c2sc(/C=C/c3ccc(-c4ccc(N(CC)CCO[Si](C)(C)C(C)(C)C)cc4)s3)cc2CO)C(c2ccccc2)(C(F)(F)F)OC1=C(C#N)C#N. The fraction of sp³-hybridized carbons (Fsp3) is 0.295. The molecule has 1 N–H and O–H groups in total. The predicted molar refractivity (Wildman–Crippen MR) is 226 cm³/mol. The number of hydrogen-bond donors (Lipinski definition) is 1. The number of benzene rings is 2. The molecule has 13 heteroatoms. The maximum Gasteiger partial charge on any atom is 0.435 e. The lowest BCUT2D eigenvalue weighted by atomic mass is 9.85. The van der Waals surface area contributed by atoms with Crippen LogP contribution in [0.25, 0.3) is 33.5 Å².